The second-order valence-electron chi connectivity index (χ2n) is 4.10. The van der Waals surface area contributed by atoms with Crippen molar-refractivity contribution in [3.05, 3.63) is 30.1 Å². The topological polar surface area (TPSA) is 86.0 Å². The minimum atomic E-state index is -0.315. The van der Waals surface area contributed by atoms with Crippen LogP contribution in [0.3, 0.4) is 0 Å². The van der Waals surface area contributed by atoms with E-state index in [2.05, 4.69) is 20.3 Å². The standard InChI is InChI=1S/C12H14FN5O/c1-7(2)19-12-17-10(14)16-11(18-12)15-9-5-3-8(13)4-6-9/h3-7H,1-2H3,(H3,14,15,16,17,18). The maximum atomic E-state index is 12.8. The molecule has 6 nitrogen and oxygen atoms in total. The molecule has 1 aromatic carbocycles. The van der Waals surface area contributed by atoms with Gasteiger partial charge in [0, 0.05) is 5.69 Å². The molecule has 0 amide bonds. The maximum absolute atomic E-state index is 12.8. The van der Waals surface area contributed by atoms with Crippen molar-refractivity contribution in [3.8, 4) is 6.01 Å². The van der Waals surface area contributed by atoms with Crippen LogP contribution in [-0.2, 0) is 0 Å². The lowest BCUT2D eigenvalue weighted by Gasteiger charge is -2.10. The highest BCUT2D eigenvalue weighted by atomic mass is 19.1. The summed E-state index contributed by atoms with van der Waals surface area (Å²) in [5, 5.41) is 2.90. The predicted octanol–water partition coefficient (Wildman–Crippen LogP) is 2.12. The Bertz CT molecular complexity index is 559. The molecule has 3 N–H and O–H groups in total. The second-order valence-corrected chi connectivity index (χ2v) is 4.10. The Morgan fingerprint density at radius 2 is 1.84 bits per heavy atom. The van der Waals surface area contributed by atoms with Gasteiger partial charge in [0.25, 0.3) is 0 Å². The first-order valence-electron chi connectivity index (χ1n) is 5.74. The van der Waals surface area contributed by atoms with E-state index in [1.807, 2.05) is 13.8 Å². The molecule has 1 aromatic heterocycles. The molecule has 0 unspecified atom stereocenters. The number of ether oxygens (including phenoxy) is 1. The van der Waals surface area contributed by atoms with Gasteiger partial charge in [0.2, 0.25) is 11.9 Å². The van der Waals surface area contributed by atoms with E-state index in [9.17, 15) is 4.39 Å². The van der Waals surface area contributed by atoms with E-state index in [0.29, 0.717) is 5.69 Å². The van der Waals surface area contributed by atoms with Crippen LogP contribution in [0.2, 0.25) is 0 Å². The van der Waals surface area contributed by atoms with Crippen molar-refractivity contribution < 1.29 is 9.13 Å². The summed E-state index contributed by atoms with van der Waals surface area (Å²) in [5.41, 5.74) is 6.21. The molecular formula is C12H14FN5O. The van der Waals surface area contributed by atoms with Crippen molar-refractivity contribution in [3.63, 3.8) is 0 Å². The SMILES string of the molecule is CC(C)Oc1nc(N)nc(Nc2ccc(F)cc2)n1. The van der Waals surface area contributed by atoms with Crippen LogP contribution >= 0.6 is 0 Å². The Labute approximate surface area is 109 Å². The fourth-order valence-corrected chi connectivity index (χ4v) is 1.35. The maximum Gasteiger partial charge on any atom is 0.323 e. The molecule has 0 spiro atoms. The number of hydrogen-bond acceptors (Lipinski definition) is 6. The largest absolute Gasteiger partial charge is 0.461 e. The lowest BCUT2D eigenvalue weighted by atomic mass is 10.3. The number of rotatable bonds is 4. The molecule has 0 fully saturated rings. The van der Waals surface area contributed by atoms with Crippen molar-refractivity contribution in [1.29, 1.82) is 0 Å². The summed E-state index contributed by atoms with van der Waals surface area (Å²) < 4.78 is 18.1. The molecule has 0 radical (unpaired) electrons. The van der Waals surface area contributed by atoms with Crippen molar-refractivity contribution in [2.24, 2.45) is 0 Å². The molecule has 0 bridgehead atoms. The molecule has 0 aliphatic heterocycles. The minimum absolute atomic E-state index is 0.0512. The zero-order valence-corrected chi connectivity index (χ0v) is 10.6. The second kappa shape index (κ2) is 5.47. The monoisotopic (exact) mass is 263 g/mol. The smallest absolute Gasteiger partial charge is 0.323 e. The summed E-state index contributed by atoms with van der Waals surface area (Å²) >= 11 is 0. The van der Waals surface area contributed by atoms with Gasteiger partial charge in [-0.2, -0.15) is 15.0 Å². The third-order valence-electron chi connectivity index (χ3n) is 2.07. The van der Waals surface area contributed by atoms with E-state index < -0.39 is 0 Å². The molecular weight excluding hydrogens is 249 g/mol. The minimum Gasteiger partial charge on any atom is -0.461 e. The van der Waals surface area contributed by atoms with Crippen LogP contribution in [0.1, 0.15) is 13.8 Å². The summed E-state index contributed by atoms with van der Waals surface area (Å²) in [7, 11) is 0. The number of nitrogens with one attached hydrogen (secondary N) is 1. The number of benzene rings is 1. The molecule has 0 aliphatic rings. The van der Waals surface area contributed by atoms with Gasteiger partial charge in [0.1, 0.15) is 5.82 Å². The number of nitrogens with two attached hydrogens (primary N) is 1. The zero-order valence-electron chi connectivity index (χ0n) is 10.6. The van der Waals surface area contributed by atoms with Crippen molar-refractivity contribution in [1.82, 2.24) is 15.0 Å². The first kappa shape index (κ1) is 13.0. The van der Waals surface area contributed by atoms with Crippen molar-refractivity contribution >= 4 is 17.6 Å². The normalized spacial score (nSPS) is 10.5. The Balaban J connectivity index is 2.19. The summed E-state index contributed by atoms with van der Waals surface area (Å²) in [6, 6.07) is 5.94. The van der Waals surface area contributed by atoms with Crippen LogP contribution in [0, 0.1) is 5.82 Å². The molecule has 2 rings (SSSR count). The van der Waals surface area contributed by atoms with Crippen molar-refractivity contribution in [2.75, 3.05) is 11.1 Å². The molecule has 1 heterocycles. The lowest BCUT2D eigenvalue weighted by molar-refractivity contribution is 0.222. The van der Waals surface area contributed by atoms with Crippen LogP contribution in [0.25, 0.3) is 0 Å². The average Bonchev–Trinajstić information content (AvgIpc) is 2.30. The molecule has 2 aromatic rings. The third-order valence-corrected chi connectivity index (χ3v) is 2.07. The van der Waals surface area contributed by atoms with E-state index in [0.717, 1.165) is 0 Å². The number of nitrogens with zero attached hydrogens (tertiary/aromatic N) is 3. The highest BCUT2D eigenvalue weighted by molar-refractivity contribution is 5.53. The van der Waals surface area contributed by atoms with Gasteiger partial charge in [-0.15, -0.1) is 0 Å². The molecule has 0 saturated carbocycles. The lowest BCUT2D eigenvalue weighted by Crippen LogP contribution is -2.11. The molecule has 0 atom stereocenters. The fraction of sp³-hybridized carbons (Fsp3) is 0.250. The average molecular weight is 263 g/mol. The number of halogens is 1. The highest BCUT2D eigenvalue weighted by Crippen LogP contribution is 2.16. The Morgan fingerprint density at radius 3 is 2.47 bits per heavy atom. The van der Waals surface area contributed by atoms with E-state index >= 15 is 0 Å². The van der Waals surface area contributed by atoms with Crippen LogP contribution in [-0.4, -0.2) is 21.1 Å². The van der Waals surface area contributed by atoms with Gasteiger partial charge < -0.3 is 15.8 Å². The first-order valence-corrected chi connectivity index (χ1v) is 5.74. The number of nitrogen functional groups attached to an aromatic ring is 1. The predicted molar refractivity (Wildman–Crippen MR) is 69.7 cm³/mol. The van der Waals surface area contributed by atoms with Gasteiger partial charge >= 0.3 is 6.01 Å². The summed E-state index contributed by atoms with van der Waals surface area (Å²) in [5.74, 6) is -0.0189. The van der Waals surface area contributed by atoms with Crippen LogP contribution in [0.5, 0.6) is 6.01 Å². The first-order chi connectivity index (χ1) is 9.02. The summed E-state index contributed by atoms with van der Waals surface area (Å²) in [4.78, 5) is 11.9. The Hall–Kier alpha value is -2.44. The van der Waals surface area contributed by atoms with E-state index in [1.54, 1.807) is 12.1 Å². The summed E-state index contributed by atoms with van der Waals surface area (Å²) in [6.45, 7) is 3.71. The molecule has 100 valence electrons. The van der Waals surface area contributed by atoms with Crippen LogP contribution in [0.4, 0.5) is 22.0 Å². The number of hydrogen-bond donors (Lipinski definition) is 2. The van der Waals surface area contributed by atoms with E-state index in [-0.39, 0.29) is 29.8 Å². The summed E-state index contributed by atoms with van der Waals surface area (Å²) in [6.07, 6.45) is -0.0690. The number of aromatic nitrogens is 3. The zero-order chi connectivity index (χ0) is 13.8. The van der Waals surface area contributed by atoms with E-state index in [4.69, 9.17) is 10.5 Å². The van der Waals surface area contributed by atoms with Gasteiger partial charge in [0.15, 0.2) is 0 Å². The van der Waals surface area contributed by atoms with Crippen molar-refractivity contribution in [2.45, 2.75) is 20.0 Å². The molecule has 7 heteroatoms. The van der Waals surface area contributed by atoms with Gasteiger partial charge in [-0.1, -0.05) is 0 Å². The molecule has 0 aliphatic carbocycles. The molecule has 0 saturated heterocycles. The third kappa shape index (κ3) is 3.77. The van der Waals surface area contributed by atoms with E-state index in [1.165, 1.54) is 12.1 Å². The van der Waals surface area contributed by atoms with Gasteiger partial charge in [-0.3, -0.25) is 0 Å². The van der Waals surface area contributed by atoms with Gasteiger partial charge in [0.05, 0.1) is 6.10 Å². The van der Waals surface area contributed by atoms with Crippen LogP contribution < -0.4 is 15.8 Å². The van der Waals surface area contributed by atoms with Crippen LogP contribution in [0.15, 0.2) is 24.3 Å². The molecule has 19 heavy (non-hydrogen) atoms. The quantitative estimate of drug-likeness (QED) is 0.878. The Morgan fingerprint density at radius 1 is 1.16 bits per heavy atom. The van der Waals surface area contributed by atoms with Gasteiger partial charge in [-0.05, 0) is 38.1 Å². The highest BCUT2D eigenvalue weighted by Gasteiger charge is 2.07. The van der Waals surface area contributed by atoms with Gasteiger partial charge in [-0.25, -0.2) is 4.39 Å². The fourth-order valence-electron chi connectivity index (χ4n) is 1.35. The Kier molecular flexibility index (Phi) is 3.74. The number of anilines is 3.